The summed E-state index contributed by atoms with van der Waals surface area (Å²) in [5.74, 6) is 1.60. The minimum atomic E-state index is 0.225. The highest BCUT2D eigenvalue weighted by atomic mass is 15.1. The highest BCUT2D eigenvalue weighted by Gasteiger charge is 2.38. The smallest absolute Gasteiger partial charge is 0.104 e. The monoisotopic (exact) mass is 215 g/mol. The van der Waals surface area contributed by atoms with Crippen LogP contribution in [0.25, 0.3) is 11.0 Å². The molecule has 1 aromatic carbocycles. The molecule has 16 heavy (non-hydrogen) atoms. The number of aryl methyl sites for hydroxylation is 1. The van der Waals surface area contributed by atoms with Crippen LogP contribution in [0.5, 0.6) is 0 Å². The minimum absolute atomic E-state index is 0.225. The van der Waals surface area contributed by atoms with Gasteiger partial charge in [0.15, 0.2) is 0 Å². The Hall–Kier alpha value is -1.35. The van der Waals surface area contributed by atoms with Gasteiger partial charge in [0.1, 0.15) is 5.82 Å². The van der Waals surface area contributed by atoms with Crippen molar-refractivity contribution in [2.24, 2.45) is 0 Å². The molecule has 2 aromatic rings. The quantitative estimate of drug-likeness (QED) is 0.766. The van der Waals surface area contributed by atoms with Crippen molar-refractivity contribution in [2.75, 3.05) is 6.54 Å². The average Bonchev–Trinajstić information content (AvgIpc) is 2.56. The van der Waals surface area contributed by atoms with Crippen molar-refractivity contribution in [2.45, 2.75) is 32.2 Å². The van der Waals surface area contributed by atoms with Gasteiger partial charge >= 0.3 is 0 Å². The van der Waals surface area contributed by atoms with Crippen LogP contribution >= 0.6 is 0 Å². The fourth-order valence-corrected chi connectivity index (χ4v) is 2.52. The second-order valence-electron chi connectivity index (χ2n) is 5.25. The van der Waals surface area contributed by atoms with Crippen molar-refractivity contribution in [3.8, 4) is 0 Å². The van der Waals surface area contributed by atoms with Crippen molar-refractivity contribution in [1.82, 2.24) is 15.3 Å². The average molecular weight is 215 g/mol. The van der Waals surface area contributed by atoms with Gasteiger partial charge < -0.3 is 10.3 Å². The van der Waals surface area contributed by atoms with Crippen LogP contribution in [0.2, 0.25) is 0 Å². The van der Waals surface area contributed by atoms with Crippen LogP contribution in [-0.4, -0.2) is 22.1 Å². The number of aromatic nitrogens is 2. The number of hydrogen-bond acceptors (Lipinski definition) is 2. The molecule has 3 heteroatoms. The molecule has 1 unspecified atom stereocenters. The van der Waals surface area contributed by atoms with Crippen LogP contribution < -0.4 is 5.32 Å². The molecule has 1 aliphatic heterocycles. The predicted molar refractivity (Wildman–Crippen MR) is 65.7 cm³/mol. The van der Waals surface area contributed by atoms with Crippen LogP contribution in [0, 0.1) is 6.92 Å². The number of H-pyrrole nitrogens is 1. The lowest BCUT2D eigenvalue weighted by atomic mass is 9.75. The van der Waals surface area contributed by atoms with Crippen LogP contribution in [0.3, 0.4) is 0 Å². The van der Waals surface area contributed by atoms with Crippen molar-refractivity contribution in [3.05, 3.63) is 29.6 Å². The maximum Gasteiger partial charge on any atom is 0.104 e. The topological polar surface area (TPSA) is 40.7 Å². The molecular formula is C13H17N3. The van der Waals surface area contributed by atoms with E-state index in [-0.39, 0.29) is 5.54 Å². The Balaban J connectivity index is 2.05. The van der Waals surface area contributed by atoms with Gasteiger partial charge in [0.2, 0.25) is 0 Å². The Labute approximate surface area is 95.3 Å². The molecule has 3 rings (SSSR count). The predicted octanol–water partition coefficient (Wildman–Crippen LogP) is 2.34. The molecule has 0 amide bonds. The van der Waals surface area contributed by atoms with Crippen LogP contribution in [0.15, 0.2) is 18.2 Å². The minimum Gasteiger partial charge on any atom is -0.342 e. The summed E-state index contributed by atoms with van der Waals surface area (Å²) in [7, 11) is 0. The third-order valence-electron chi connectivity index (χ3n) is 3.66. The summed E-state index contributed by atoms with van der Waals surface area (Å²) in [5.41, 5.74) is 3.84. The van der Waals surface area contributed by atoms with E-state index in [1.54, 1.807) is 0 Å². The lowest BCUT2D eigenvalue weighted by Gasteiger charge is -2.46. The third-order valence-corrected chi connectivity index (χ3v) is 3.66. The van der Waals surface area contributed by atoms with E-state index < -0.39 is 0 Å². The number of fused-ring (bicyclic) bond motifs is 1. The van der Waals surface area contributed by atoms with Gasteiger partial charge in [-0.3, -0.25) is 0 Å². The highest BCUT2D eigenvalue weighted by molar-refractivity contribution is 5.76. The first-order valence-corrected chi connectivity index (χ1v) is 5.77. The highest BCUT2D eigenvalue weighted by Crippen LogP contribution is 2.35. The number of imidazole rings is 1. The van der Waals surface area contributed by atoms with Crippen molar-refractivity contribution >= 4 is 11.0 Å². The first-order valence-electron chi connectivity index (χ1n) is 5.77. The summed E-state index contributed by atoms with van der Waals surface area (Å²) >= 11 is 0. The van der Waals surface area contributed by atoms with E-state index in [1.165, 1.54) is 5.56 Å². The van der Waals surface area contributed by atoms with Crippen molar-refractivity contribution in [1.29, 1.82) is 0 Å². The van der Waals surface area contributed by atoms with Crippen molar-refractivity contribution < 1.29 is 0 Å². The number of rotatable bonds is 1. The van der Waals surface area contributed by atoms with Gasteiger partial charge in [0, 0.05) is 18.0 Å². The zero-order valence-corrected chi connectivity index (χ0v) is 9.96. The zero-order chi connectivity index (χ0) is 11.3. The Kier molecular flexibility index (Phi) is 1.89. The van der Waals surface area contributed by atoms with E-state index in [1.807, 2.05) is 6.92 Å². The Morgan fingerprint density at radius 1 is 1.38 bits per heavy atom. The lowest BCUT2D eigenvalue weighted by molar-refractivity contribution is 0.208. The molecule has 0 saturated carbocycles. The Bertz CT molecular complexity index is 539. The summed E-state index contributed by atoms with van der Waals surface area (Å²) < 4.78 is 0. The number of benzene rings is 1. The standard InChI is InChI=1S/C13H17N3/c1-8-15-11-5-4-9(6-12(11)16-8)10-7-14-13(10,2)3/h4-6,10,14H,7H2,1-3H3,(H,15,16). The van der Waals surface area contributed by atoms with Gasteiger partial charge in [-0.1, -0.05) is 6.07 Å². The largest absolute Gasteiger partial charge is 0.342 e. The SMILES string of the molecule is Cc1nc2ccc(C3CNC3(C)C)cc2[nH]1. The van der Waals surface area contributed by atoms with Crippen molar-refractivity contribution in [3.63, 3.8) is 0 Å². The molecule has 2 heterocycles. The number of hydrogen-bond donors (Lipinski definition) is 2. The van der Waals surface area contributed by atoms with Crippen LogP contribution in [0.4, 0.5) is 0 Å². The van der Waals surface area contributed by atoms with E-state index in [0.29, 0.717) is 5.92 Å². The summed E-state index contributed by atoms with van der Waals surface area (Å²) in [6.07, 6.45) is 0. The number of nitrogens with one attached hydrogen (secondary N) is 2. The Morgan fingerprint density at radius 2 is 2.19 bits per heavy atom. The summed E-state index contributed by atoms with van der Waals surface area (Å²) in [6.45, 7) is 7.58. The van der Waals surface area contributed by atoms with Gasteiger partial charge in [0.25, 0.3) is 0 Å². The molecule has 0 aliphatic carbocycles. The first kappa shape index (κ1) is 9.85. The lowest BCUT2D eigenvalue weighted by Crippen LogP contribution is -2.59. The fraction of sp³-hybridized carbons (Fsp3) is 0.462. The van der Waals surface area contributed by atoms with Crippen LogP contribution in [0.1, 0.15) is 31.2 Å². The second-order valence-corrected chi connectivity index (χ2v) is 5.25. The molecule has 1 aromatic heterocycles. The molecule has 2 N–H and O–H groups in total. The molecule has 0 bridgehead atoms. The van der Waals surface area contributed by atoms with Gasteiger partial charge in [-0.25, -0.2) is 4.98 Å². The van der Waals surface area contributed by atoms with Crippen LogP contribution in [-0.2, 0) is 0 Å². The summed E-state index contributed by atoms with van der Waals surface area (Å²) in [5, 5.41) is 3.46. The molecule has 3 nitrogen and oxygen atoms in total. The Morgan fingerprint density at radius 3 is 2.81 bits per heavy atom. The molecule has 1 saturated heterocycles. The normalized spacial score (nSPS) is 23.3. The van der Waals surface area contributed by atoms with E-state index in [4.69, 9.17) is 0 Å². The second kappa shape index (κ2) is 3.08. The molecule has 1 aliphatic rings. The zero-order valence-electron chi connectivity index (χ0n) is 9.96. The summed E-state index contributed by atoms with van der Waals surface area (Å²) in [6, 6.07) is 6.56. The molecule has 84 valence electrons. The van der Waals surface area contributed by atoms with E-state index >= 15 is 0 Å². The van der Waals surface area contributed by atoms with E-state index in [9.17, 15) is 0 Å². The van der Waals surface area contributed by atoms with Gasteiger partial charge in [-0.2, -0.15) is 0 Å². The fourth-order valence-electron chi connectivity index (χ4n) is 2.52. The molecular weight excluding hydrogens is 198 g/mol. The van der Waals surface area contributed by atoms with Gasteiger partial charge in [0.05, 0.1) is 11.0 Å². The molecule has 1 atom stereocenters. The molecule has 0 spiro atoms. The number of aromatic amines is 1. The van der Waals surface area contributed by atoms with Gasteiger partial charge in [-0.15, -0.1) is 0 Å². The molecule has 0 radical (unpaired) electrons. The first-order chi connectivity index (χ1) is 7.56. The van der Waals surface area contributed by atoms with Gasteiger partial charge in [-0.05, 0) is 38.5 Å². The molecule has 1 fully saturated rings. The maximum absolute atomic E-state index is 4.42. The summed E-state index contributed by atoms with van der Waals surface area (Å²) in [4.78, 5) is 7.72. The maximum atomic E-state index is 4.42. The van der Waals surface area contributed by atoms with E-state index in [0.717, 1.165) is 23.4 Å². The third kappa shape index (κ3) is 1.35. The number of nitrogens with zero attached hydrogens (tertiary/aromatic N) is 1. The van der Waals surface area contributed by atoms with E-state index in [2.05, 4.69) is 47.3 Å².